The molecule has 0 radical (unpaired) electrons. The van der Waals surface area contributed by atoms with Crippen molar-refractivity contribution in [2.45, 2.75) is 45.6 Å². The first-order valence-electron chi connectivity index (χ1n) is 10.8. The molecule has 9 heteroatoms. The Morgan fingerprint density at radius 3 is 2.18 bits per heavy atom. The van der Waals surface area contributed by atoms with Gasteiger partial charge in [-0.1, -0.05) is 18.2 Å². The zero-order valence-electron chi connectivity index (χ0n) is 18.9. The van der Waals surface area contributed by atoms with Crippen molar-refractivity contribution < 1.29 is 32.2 Å². The molecule has 0 unspecified atom stereocenters. The molecule has 2 aromatic carbocycles. The van der Waals surface area contributed by atoms with Gasteiger partial charge in [0, 0.05) is 18.8 Å². The summed E-state index contributed by atoms with van der Waals surface area (Å²) >= 11 is 0. The Morgan fingerprint density at radius 1 is 1.00 bits per heavy atom. The molecule has 180 valence electrons. The van der Waals surface area contributed by atoms with Gasteiger partial charge in [0.2, 0.25) is 0 Å². The molecule has 6 nitrogen and oxygen atoms in total. The Labute approximate surface area is 191 Å². The van der Waals surface area contributed by atoms with Gasteiger partial charge in [0.1, 0.15) is 5.60 Å². The van der Waals surface area contributed by atoms with Crippen LogP contribution >= 0.6 is 0 Å². The summed E-state index contributed by atoms with van der Waals surface area (Å²) < 4.78 is 54.0. The van der Waals surface area contributed by atoms with Crippen molar-refractivity contribution in [3.8, 4) is 22.6 Å². The lowest BCUT2D eigenvalue weighted by molar-refractivity contribution is -0.275. The zero-order chi connectivity index (χ0) is 24.2. The number of piperidine rings is 1. The van der Waals surface area contributed by atoms with E-state index in [1.807, 2.05) is 20.8 Å². The number of nitrogen functional groups attached to an aromatic ring is 1. The molecule has 0 spiro atoms. The Bertz CT molecular complexity index is 948. The van der Waals surface area contributed by atoms with Gasteiger partial charge in [-0.3, -0.25) is 0 Å². The van der Waals surface area contributed by atoms with Crippen molar-refractivity contribution in [1.82, 2.24) is 4.90 Å². The van der Waals surface area contributed by atoms with Gasteiger partial charge in [-0.05, 0) is 74.9 Å². The Morgan fingerprint density at radius 2 is 1.61 bits per heavy atom. The van der Waals surface area contributed by atoms with Crippen LogP contribution in [-0.2, 0) is 4.74 Å². The number of amides is 1. The maximum Gasteiger partial charge on any atom is 0.573 e. The van der Waals surface area contributed by atoms with Crippen LogP contribution in [-0.4, -0.2) is 42.7 Å². The van der Waals surface area contributed by atoms with Crippen LogP contribution in [0.4, 0.5) is 23.7 Å². The van der Waals surface area contributed by atoms with Crippen LogP contribution in [0.25, 0.3) is 11.1 Å². The fraction of sp³-hybridized carbons (Fsp3) is 0.458. The molecule has 3 rings (SSSR count). The number of hydrogen-bond acceptors (Lipinski definition) is 5. The average Bonchev–Trinajstić information content (AvgIpc) is 2.72. The summed E-state index contributed by atoms with van der Waals surface area (Å²) in [4.78, 5) is 13.9. The van der Waals surface area contributed by atoms with Gasteiger partial charge in [-0.2, -0.15) is 0 Å². The number of benzene rings is 2. The Balaban J connectivity index is 1.67. The summed E-state index contributed by atoms with van der Waals surface area (Å²) in [5.41, 5.74) is 7.20. The largest absolute Gasteiger partial charge is 0.573 e. The summed E-state index contributed by atoms with van der Waals surface area (Å²) in [7, 11) is 0. The molecular weight excluding hydrogens is 437 g/mol. The van der Waals surface area contributed by atoms with Gasteiger partial charge in [-0.25, -0.2) is 4.79 Å². The van der Waals surface area contributed by atoms with E-state index in [4.69, 9.17) is 15.2 Å². The maximum absolute atomic E-state index is 12.9. The molecule has 0 saturated carbocycles. The minimum absolute atomic E-state index is 0.0104. The first-order valence-corrected chi connectivity index (χ1v) is 10.8. The maximum atomic E-state index is 12.9. The van der Waals surface area contributed by atoms with Crippen LogP contribution in [0.5, 0.6) is 11.5 Å². The molecule has 1 aliphatic rings. The minimum atomic E-state index is -4.83. The van der Waals surface area contributed by atoms with Crippen LogP contribution in [0.15, 0.2) is 42.5 Å². The van der Waals surface area contributed by atoms with Crippen molar-refractivity contribution in [3.63, 3.8) is 0 Å². The molecule has 33 heavy (non-hydrogen) atoms. The number of rotatable bonds is 5. The quantitative estimate of drug-likeness (QED) is 0.559. The first-order chi connectivity index (χ1) is 15.4. The van der Waals surface area contributed by atoms with Crippen molar-refractivity contribution in [2.75, 3.05) is 25.4 Å². The van der Waals surface area contributed by atoms with E-state index in [1.165, 1.54) is 12.1 Å². The lowest BCUT2D eigenvalue weighted by Gasteiger charge is -2.33. The first kappa shape index (κ1) is 24.5. The van der Waals surface area contributed by atoms with E-state index in [2.05, 4.69) is 4.74 Å². The fourth-order valence-electron chi connectivity index (χ4n) is 3.50. The fourth-order valence-corrected chi connectivity index (χ4v) is 3.50. The highest BCUT2D eigenvalue weighted by Gasteiger charge is 2.33. The van der Waals surface area contributed by atoms with Crippen molar-refractivity contribution in [3.05, 3.63) is 42.5 Å². The number of nitrogens with zero attached hydrogens (tertiary/aromatic N) is 1. The molecule has 1 saturated heterocycles. The van der Waals surface area contributed by atoms with Gasteiger partial charge in [0.15, 0.2) is 11.5 Å². The molecule has 1 heterocycles. The number of alkyl halides is 3. The third kappa shape index (κ3) is 7.47. The molecule has 0 atom stereocenters. The second kappa shape index (κ2) is 9.80. The highest BCUT2D eigenvalue weighted by molar-refractivity contribution is 5.69. The van der Waals surface area contributed by atoms with Gasteiger partial charge in [0.25, 0.3) is 0 Å². The van der Waals surface area contributed by atoms with Crippen LogP contribution < -0.4 is 15.2 Å². The number of hydrogen-bond donors (Lipinski definition) is 1. The standard InChI is InChI=1S/C24H29F3N2O4/c1-23(2,3)33-22(30)29-12-10-16(11-13-29)15-31-21-14-18(17-4-7-19(28)8-5-17)6-9-20(21)32-24(25,26)27/h4-9,14,16H,10-13,15,28H2,1-3H3. The minimum Gasteiger partial charge on any atom is -0.489 e. The molecule has 1 aliphatic heterocycles. The van der Waals surface area contributed by atoms with Crippen LogP contribution in [0, 0.1) is 5.92 Å². The summed E-state index contributed by atoms with van der Waals surface area (Å²) in [6.07, 6.45) is -3.88. The summed E-state index contributed by atoms with van der Waals surface area (Å²) in [5, 5.41) is 0. The second-order valence-corrected chi connectivity index (χ2v) is 9.05. The molecule has 1 fully saturated rings. The second-order valence-electron chi connectivity index (χ2n) is 9.05. The van der Waals surface area contributed by atoms with Gasteiger partial charge in [0.05, 0.1) is 6.61 Å². The Kier molecular flexibility index (Phi) is 7.29. The molecule has 2 aromatic rings. The van der Waals surface area contributed by atoms with E-state index in [1.54, 1.807) is 35.2 Å². The number of halogens is 3. The Hall–Kier alpha value is -3.10. The topological polar surface area (TPSA) is 74.0 Å². The van der Waals surface area contributed by atoms with E-state index in [0.717, 1.165) is 5.56 Å². The normalized spacial score (nSPS) is 15.3. The number of ether oxygens (including phenoxy) is 3. The molecule has 1 amide bonds. The van der Waals surface area contributed by atoms with Crippen LogP contribution in [0.1, 0.15) is 33.6 Å². The SMILES string of the molecule is CC(C)(C)OC(=O)N1CCC(COc2cc(-c3ccc(N)cc3)ccc2OC(F)(F)F)CC1. The van der Waals surface area contributed by atoms with E-state index in [0.29, 0.717) is 37.2 Å². The molecule has 2 N–H and O–H groups in total. The smallest absolute Gasteiger partial charge is 0.489 e. The van der Waals surface area contributed by atoms with E-state index >= 15 is 0 Å². The van der Waals surface area contributed by atoms with E-state index in [9.17, 15) is 18.0 Å². The zero-order valence-corrected chi connectivity index (χ0v) is 18.9. The lowest BCUT2D eigenvalue weighted by Crippen LogP contribution is -2.42. The molecule has 0 bridgehead atoms. The predicted molar refractivity (Wildman–Crippen MR) is 119 cm³/mol. The van der Waals surface area contributed by atoms with Gasteiger partial charge in [-0.15, -0.1) is 13.2 Å². The van der Waals surface area contributed by atoms with Crippen LogP contribution in [0.3, 0.4) is 0 Å². The van der Waals surface area contributed by atoms with Crippen molar-refractivity contribution in [2.24, 2.45) is 5.92 Å². The third-order valence-corrected chi connectivity index (χ3v) is 5.15. The van der Waals surface area contributed by atoms with Crippen LogP contribution in [0.2, 0.25) is 0 Å². The van der Waals surface area contributed by atoms with Gasteiger partial charge < -0.3 is 24.8 Å². The summed E-state index contributed by atoms with van der Waals surface area (Å²) in [6.45, 7) is 6.64. The molecule has 0 aliphatic carbocycles. The van der Waals surface area contributed by atoms with E-state index < -0.39 is 17.7 Å². The predicted octanol–water partition coefficient (Wildman–Crippen LogP) is 5.86. The number of likely N-dealkylation sites (tertiary alicyclic amines) is 1. The monoisotopic (exact) mass is 466 g/mol. The summed E-state index contributed by atoms with van der Waals surface area (Å²) in [6, 6.07) is 11.3. The third-order valence-electron chi connectivity index (χ3n) is 5.15. The summed E-state index contributed by atoms with van der Waals surface area (Å²) in [5.74, 6) is -0.299. The molecule has 0 aromatic heterocycles. The molecular formula is C24H29F3N2O4. The number of carbonyl (C=O) groups excluding carboxylic acids is 1. The number of carbonyl (C=O) groups is 1. The average molecular weight is 467 g/mol. The number of anilines is 1. The number of nitrogens with two attached hydrogens (primary N) is 1. The highest BCUT2D eigenvalue weighted by Crippen LogP contribution is 2.37. The van der Waals surface area contributed by atoms with Crippen molar-refractivity contribution >= 4 is 11.8 Å². The highest BCUT2D eigenvalue weighted by atomic mass is 19.4. The van der Waals surface area contributed by atoms with E-state index in [-0.39, 0.29) is 24.4 Å². The lowest BCUT2D eigenvalue weighted by atomic mass is 9.98. The van der Waals surface area contributed by atoms with Crippen molar-refractivity contribution in [1.29, 1.82) is 0 Å². The van der Waals surface area contributed by atoms with Gasteiger partial charge >= 0.3 is 12.5 Å².